The smallest absolute Gasteiger partial charge is 0.387 e. The Labute approximate surface area is 132 Å². The van der Waals surface area contributed by atoms with Crippen LogP contribution in [0.4, 0.5) is 14.5 Å². The lowest BCUT2D eigenvalue weighted by Gasteiger charge is -2.39. The van der Waals surface area contributed by atoms with E-state index in [1.54, 1.807) is 0 Å². The fourth-order valence-electron chi connectivity index (χ4n) is 2.95. The van der Waals surface area contributed by atoms with Crippen LogP contribution in [0.3, 0.4) is 0 Å². The van der Waals surface area contributed by atoms with E-state index in [-0.39, 0.29) is 30.0 Å². The third kappa shape index (κ3) is 4.59. The van der Waals surface area contributed by atoms with Gasteiger partial charge in [0.15, 0.2) is 0 Å². The lowest BCUT2D eigenvalue weighted by Crippen LogP contribution is -2.43. The van der Waals surface area contributed by atoms with Crippen LogP contribution in [0.5, 0.6) is 5.75 Å². The third-order valence-corrected chi connectivity index (χ3v) is 4.11. The maximum absolute atomic E-state index is 12.5. The van der Waals surface area contributed by atoms with Crippen molar-refractivity contribution in [3.05, 3.63) is 33.9 Å². The van der Waals surface area contributed by atoms with Gasteiger partial charge >= 0.3 is 6.61 Å². The van der Waals surface area contributed by atoms with Gasteiger partial charge < -0.3 is 9.84 Å². The quantitative estimate of drug-likeness (QED) is 0.641. The molecule has 0 radical (unpaired) electrons. The Morgan fingerprint density at radius 3 is 2.87 bits per heavy atom. The number of likely N-dealkylation sites (tertiary alicyclic amines) is 1. The molecule has 0 aliphatic carbocycles. The van der Waals surface area contributed by atoms with E-state index in [4.69, 9.17) is 0 Å². The Morgan fingerprint density at radius 2 is 2.26 bits per heavy atom. The third-order valence-electron chi connectivity index (χ3n) is 4.11. The lowest BCUT2D eigenvalue weighted by molar-refractivity contribution is -0.385. The van der Waals surface area contributed by atoms with Gasteiger partial charge in [0.2, 0.25) is 0 Å². The number of nitrogens with zero attached hydrogens (tertiary/aromatic N) is 2. The van der Waals surface area contributed by atoms with Crippen LogP contribution in [0.25, 0.3) is 0 Å². The van der Waals surface area contributed by atoms with Gasteiger partial charge in [0, 0.05) is 42.8 Å². The van der Waals surface area contributed by atoms with Crippen LogP contribution < -0.4 is 4.74 Å². The number of nitro benzene ring substituents is 1. The molecule has 1 unspecified atom stereocenters. The summed E-state index contributed by atoms with van der Waals surface area (Å²) in [6, 6.07) is 3.62. The number of rotatable bonds is 6. The topological polar surface area (TPSA) is 75.8 Å². The Kier molecular flexibility index (Phi) is 5.48. The summed E-state index contributed by atoms with van der Waals surface area (Å²) < 4.78 is 29.5. The van der Waals surface area contributed by atoms with Crippen molar-refractivity contribution in [2.75, 3.05) is 19.7 Å². The minimum Gasteiger partial charge on any atom is -0.434 e. The van der Waals surface area contributed by atoms with Crippen LogP contribution >= 0.6 is 0 Å². The van der Waals surface area contributed by atoms with Gasteiger partial charge in [0.05, 0.1) is 4.92 Å². The standard InChI is InChI=1S/C15H20F2N2O4/c1-15(10-20)5-2-6-18(9-15)8-11-7-12(19(21)22)3-4-13(11)23-14(16)17/h3-4,7,14,20H,2,5-6,8-10H2,1H3. The van der Waals surface area contributed by atoms with Crippen LogP contribution in [0, 0.1) is 15.5 Å². The molecule has 0 amide bonds. The zero-order valence-corrected chi connectivity index (χ0v) is 12.9. The average molecular weight is 330 g/mol. The Hall–Kier alpha value is -1.80. The van der Waals surface area contributed by atoms with Crippen LogP contribution in [-0.4, -0.2) is 41.2 Å². The summed E-state index contributed by atoms with van der Waals surface area (Å²) in [6.45, 7) is 0.618. The molecular formula is C15H20F2N2O4. The minimum atomic E-state index is -2.99. The minimum absolute atomic E-state index is 0.0405. The molecule has 1 saturated heterocycles. The molecule has 23 heavy (non-hydrogen) atoms. The molecule has 1 aromatic carbocycles. The fraction of sp³-hybridized carbons (Fsp3) is 0.600. The number of aliphatic hydroxyl groups is 1. The summed E-state index contributed by atoms with van der Waals surface area (Å²) in [5.41, 5.74) is -0.0619. The van der Waals surface area contributed by atoms with Crippen molar-refractivity contribution in [1.29, 1.82) is 0 Å². The molecule has 0 spiro atoms. The zero-order valence-electron chi connectivity index (χ0n) is 12.9. The van der Waals surface area contributed by atoms with Gasteiger partial charge in [0.1, 0.15) is 5.75 Å². The predicted molar refractivity (Wildman–Crippen MR) is 79.4 cm³/mol. The summed E-state index contributed by atoms with van der Waals surface area (Å²) >= 11 is 0. The molecule has 128 valence electrons. The fourth-order valence-corrected chi connectivity index (χ4v) is 2.95. The van der Waals surface area contributed by atoms with E-state index in [1.165, 1.54) is 12.1 Å². The molecular weight excluding hydrogens is 310 g/mol. The number of halogens is 2. The molecule has 1 aliphatic heterocycles. The number of alkyl halides is 2. The molecule has 6 nitrogen and oxygen atoms in total. The van der Waals surface area contributed by atoms with Crippen molar-refractivity contribution in [1.82, 2.24) is 4.90 Å². The predicted octanol–water partition coefficient (Wildman–Crippen LogP) is 2.79. The molecule has 1 aliphatic rings. The maximum Gasteiger partial charge on any atom is 0.387 e. The second kappa shape index (κ2) is 7.18. The number of nitro groups is 1. The monoisotopic (exact) mass is 330 g/mol. The molecule has 1 atom stereocenters. The van der Waals surface area contributed by atoms with E-state index in [9.17, 15) is 24.0 Å². The molecule has 1 aromatic rings. The number of benzene rings is 1. The first-order chi connectivity index (χ1) is 10.8. The second-order valence-corrected chi connectivity index (χ2v) is 6.21. The number of ether oxygens (including phenoxy) is 1. The lowest BCUT2D eigenvalue weighted by atomic mass is 9.82. The maximum atomic E-state index is 12.5. The molecule has 1 heterocycles. The normalized spacial score (nSPS) is 22.3. The van der Waals surface area contributed by atoms with Gasteiger partial charge in [-0.15, -0.1) is 0 Å². The van der Waals surface area contributed by atoms with E-state index < -0.39 is 11.5 Å². The molecule has 0 saturated carbocycles. The van der Waals surface area contributed by atoms with E-state index in [2.05, 4.69) is 4.74 Å². The zero-order chi connectivity index (χ0) is 17.0. The van der Waals surface area contributed by atoms with Gasteiger partial charge in [-0.05, 0) is 25.5 Å². The molecule has 8 heteroatoms. The number of hydrogen-bond donors (Lipinski definition) is 1. The second-order valence-electron chi connectivity index (χ2n) is 6.21. The highest BCUT2D eigenvalue weighted by Crippen LogP contribution is 2.32. The number of piperidine rings is 1. The summed E-state index contributed by atoms with van der Waals surface area (Å²) in [6.07, 6.45) is 1.76. The van der Waals surface area contributed by atoms with Gasteiger partial charge in [0.25, 0.3) is 5.69 Å². The summed E-state index contributed by atoms with van der Waals surface area (Å²) in [7, 11) is 0. The van der Waals surface area contributed by atoms with Crippen molar-refractivity contribution in [2.45, 2.75) is 32.9 Å². The van der Waals surface area contributed by atoms with Crippen molar-refractivity contribution in [3.63, 3.8) is 0 Å². The highest BCUT2D eigenvalue weighted by atomic mass is 19.3. The Bertz CT molecular complexity index is 570. The number of hydrogen-bond acceptors (Lipinski definition) is 5. The van der Waals surface area contributed by atoms with Gasteiger partial charge in [-0.1, -0.05) is 6.92 Å². The SMILES string of the molecule is CC1(CO)CCCN(Cc2cc([N+](=O)[O-])ccc2OC(F)F)C1. The molecule has 0 bridgehead atoms. The summed E-state index contributed by atoms with van der Waals surface area (Å²) in [5.74, 6) is -0.0538. The molecule has 2 rings (SSSR count). The Balaban J connectivity index is 2.22. The van der Waals surface area contributed by atoms with Crippen molar-refractivity contribution in [2.24, 2.45) is 5.41 Å². The highest BCUT2D eigenvalue weighted by molar-refractivity contribution is 5.43. The molecule has 1 fully saturated rings. The van der Waals surface area contributed by atoms with E-state index in [0.717, 1.165) is 25.5 Å². The largest absolute Gasteiger partial charge is 0.434 e. The van der Waals surface area contributed by atoms with Gasteiger partial charge in [-0.2, -0.15) is 8.78 Å². The van der Waals surface area contributed by atoms with Crippen LogP contribution in [0.2, 0.25) is 0 Å². The summed E-state index contributed by atoms with van der Waals surface area (Å²) in [4.78, 5) is 12.3. The summed E-state index contributed by atoms with van der Waals surface area (Å²) in [5, 5.41) is 20.4. The number of aliphatic hydroxyl groups excluding tert-OH is 1. The van der Waals surface area contributed by atoms with Crippen LogP contribution in [-0.2, 0) is 6.54 Å². The number of non-ortho nitro benzene ring substituents is 1. The average Bonchev–Trinajstić information content (AvgIpc) is 2.48. The Morgan fingerprint density at radius 1 is 1.52 bits per heavy atom. The first kappa shape index (κ1) is 17.6. The highest BCUT2D eigenvalue weighted by Gasteiger charge is 2.31. The van der Waals surface area contributed by atoms with E-state index >= 15 is 0 Å². The van der Waals surface area contributed by atoms with E-state index in [0.29, 0.717) is 12.1 Å². The van der Waals surface area contributed by atoms with E-state index in [1.807, 2.05) is 11.8 Å². The van der Waals surface area contributed by atoms with Crippen molar-refractivity contribution in [3.8, 4) is 5.75 Å². The van der Waals surface area contributed by atoms with Gasteiger partial charge in [-0.25, -0.2) is 0 Å². The first-order valence-corrected chi connectivity index (χ1v) is 7.38. The van der Waals surface area contributed by atoms with Gasteiger partial charge in [-0.3, -0.25) is 15.0 Å². The van der Waals surface area contributed by atoms with Crippen LogP contribution in [0.15, 0.2) is 18.2 Å². The van der Waals surface area contributed by atoms with Crippen molar-refractivity contribution >= 4 is 5.69 Å². The van der Waals surface area contributed by atoms with Crippen LogP contribution in [0.1, 0.15) is 25.3 Å². The van der Waals surface area contributed by atoms with Crippen molar-refractivity contribution < 1.29 is 23.5 Å². The molecule has 1 N–H and O–H groups in total. The first-order valence-electron chi connectivity index (χ1n) is 7.38. The molecule has 0 aromatic heterocycles.